The van der Waals surface area contributed by atoms with Crippen LogP contribution in [0.2, 0.25) is 0 Å². The average molecular weight is 225 g/mol. The van der Waals surface area contributed by atoms with Crippen LogP contribution in [0.1, 0.15) is 23.3 Å². The Morgan fingerprint density at radius 2 is 2.43 bits per heavy atom. The molecular formula is C11H15NS2. The van der Waals surface area contributed by atoms with Crippen LogP contribution in [0, 0.1) is 0 Å². The Bertz CT molecular complexity index is 326. The van der Waals surface area contributed by atoms with E-state index in [4.69, 9.17) is 0 Å². The molecule has 2 aliphatic rings. The third kappa shape index (κ3) is 1.34. The van der Waals surface area contributed by atoms with E-state index in [1.165, 1.54) is 37.3 Å². The maximum atomic E-state index is 3.76. The van der Waals surface area contributed by atoms with Crippen molar-refractivity contribution in [2.24, 2.45) is 0 Å². The third-order valence-electron chi connectivity index (χ3n) is 3.32. The largest absolute Gasteiger partial charge is 0.306 e. The van der Waals surface area contributed by atoms with Gasteiger partial charge in [0.2, 0.25) is 0 Å². The fourth-order valence-electron chi connectivity index (χ4n) is 2.62. The van der Waals surface area contributed by atoms with Gasteiger partial charge in [-0.25, -0.2) is 0 Å². The summed E-state index contributed by atoms with van der Waals surface area (Å²) in [5.41, 5.74) is 1.96. The molecule has 1 saturated heterocycles. The van der Waals surface area contributed by atoms with Crippen LogP contribution in [0.15, 0.2) is 11.4 Å². The van der Waals surface area contributed by atoms with E-state index in [0.29, 0.717) is 5.54 Å². The number of hydrogen-bond donors (Lipinski definition) is 1. The van der Waals surface area contributed by atoms with E-state index in [1.807, 2.05) is 11.3 Å². The molecule has 76 valence electrons. The Morgan fingerprint density at radius 3 is 3.29 bits per heavy atom. The highest BCUT2D eigenvalue weighted by Crippen LogP contribution is 2.40. The van der Waals surface area contributed by atoms with Crippen LogP contribution in [0.25, 0.3) is 0 Å². The lowest BCUT2D eigenvalue weighted by Gasteiger charge is -2.41. The van der Waals surface area contributed by atoms with Crippen LogP contribution < -0.4 is 5.32 Å². The van der Waals surface area contributed by atoms with E-state index in [-0.39, 0.29) is 0 Å². The number of rotatable bonds is 0. The molecule has 1 unspecified atom stereocenters. The van der Waals surface area contributed by atoms with Gasteiger partial charge in [0.25, 0.3) is 0 Å². The lowest BCUT2D eigenvalue weighted by Crippen LogP contribution is -2.50. The summed E-state index contributed by atoms with van der Waals surface area (Å²) in [5.74, 6) is 2.62. The highest BCUT2D eigenvalue weighted by atomic mass is 32.2. The summed E-state index contributed by atoms with van der Waals surface area (Å²) in [5, 5.41) is 6.03. The highest BCUT2D eigenvalue weighted by molar-refractivity contribution is 7.99. The Labute approximate surface area is 93.3 Å². The van der Waals surface area contributed by atoms with Crippen LogP contribution in [0.5, 0.6) is 0 Å². The molecule has 1 spiro atoms. The van der Waals surface area contributed by atoms with Crippen LogP contribution in [-0.2, 0) is 12.0 Å². The van der Waals surface area contributed by atoms with Gasteiger partial charge in [-0.1, -0.05) is 0 Å². The molecule has 0 aliphatic carbocycles. The number of nitrogens with one attached hydrogen (secondary N) is 1. The lowest BCUT2D eigenvalue weighted by atomic mass is 9.84. The zero-order chi connectivity index (χ0) is 9.43. The summed E-state index contributed by atoms with van der Waals surface area (Å²) >= 11 is 4.05. The van der Waals surface area contributed by atoms with E-state index in [0.717, 1.165) is 0 Å². The van der Waals surface area contributed by atoms with Crippen LogP contribution >= 0.6 is 23.1 Å². The fraction of sp³-hybridized carbons (Fsp3) is 0.636. The third-order valence-corrected chi connectivity index (χ3v) is 5.57. The average Bonchev–Trinajstić information content (AvgIpc) is 2.69. The standard InChI is InChI=1S/C11H15NS2/c1-4-11(8-13-6-1)9-3-7-14-10(9)2-5-12-11/h3,7,12H,1-2,4-6,8H2. The second-order valence-electron chi connectivity index (χ2n) is 4.17. The van der Waals surface area contributed by atoms with Crippen LogP contribution in [0.3, 0.4) is 0 Å². The maximum Gasteiger partial charge on any atom is 0.0537 e. The minimum atomic E-state index is 0.344. The first-order chi connectivity index (χ1) is 6.91. The van der Waals surface area contributed by atoms with E-state index >= 15 is 0 Å². The second kappa shape index (κ2) is 3.54. The van der Waals surface area contributed by atoms with Crippen molar-refractivity contribution in [2.45, 2.75) is 24.8 Å². The van der Waals surface area contributed by atoms with Gasteiger partial charge in [-0.15, -0.1) is 11.3 Å². The van der Waals surface area contributed by atoms with Gasteiger partial charge in [0.05, 0.1) is 5.54 Å². The Balaban J connectivity index is 2.01. The quantitative estimate of drug-likeness (QED) is 0.728. The molecule has 0 amide bonds. The Morgan fingerprint density at radius 1 is 1.43 bits per heavy atom. The summed E-state index contributed by atoms with van der Waals surface area (Å²) in [4.78, 5) is 1.63. The lowest BCUT2D eigenvalue weighted by molar-refractivity contribution is 0.324. The topological polar surface area (TPSA) is 12.0 Å². The van der Waals surface area contributed by atoms with Gasteiger partial charge in [0.15, 0.2) is 0 Å². The Kier molecular flexibility index (Phi) is 2.34. The molecule has 3 rings (SSSR count). The van der Waals surface area contributed by atoms with Gasteiger partial charge in [0, 0.05) is 17.2 Å². The molecule has 1 N–H and O–H groups in total. The number of hydrogen-bond acceptors (Lipinski definition) is 3. The van der Waals surface area contributed by atoms with Gasteiger partial charge in [0.1, 0.15) is 0 Å². The molecular weight excluding hydrogens is 210 g/mol. The minimum Gasteiger partial charge on any atom is -0.306 e. The first-order valence-electron chi connectivity index (χ1n) is 5.30. The zero-order valence-corrected chi connectivity index (χ0v) is 9.85. The predicted octanol–water partition coefficient (Wildman–Crippen LogP) is 2.62. The van der Waals surface area contributed by atoms with Gasteiger partial charge < -0.3 is 5.32 Å². The SMILES string of the molecule is c1cc2c(s1)CCNC21CCCSC1. The van der Waals surface area contributed by atoms with Crippen LogP contribution in [0.4, 0.5) is 0 Å². The molecule has 1 atom stereocenters. The Hall–Kier alpha value is 0.01000. The molecule has 0 saturated carbocycles. The molecule has 0 bridgehead atoms. The van der Waals surface area contributed by atoms with Crippen molar-refractivity contribution >= 4 is 23.1 Å². The summed E-state index contributed by atoms with van der Waals surface area (Å²) in [6.07, 6.45) is 3.94. The number of fused-ring (bicyclic) bond motifs is 2. The van der Waals surface area contributed by atoms with Gasteiger partial charge in [-0.05, 0) is 42.0 Å². The van der Waals surface area contributed by atoms with Gasteiger partial charge in [-0.3, -0.25) is 0 Å². The van der Waals surface area contributed by atoms with Crippen molar-refractivity contribution in [1.29, 1.82) is 0 Å². The molecule has 0 radical (unpaired) electrons. The molecule has 2 aliphatic heterocycles. The zero-order valence-electron chi connectivity index (χ0n) is 8.21. The number of thiophene rings is 1. The van der Waals surface area contributed by atoms with Crippen molar-refractivity contribution in [3.8, 4) is 0 Å². The molecule has 3 heterocycles. The van der Waals surface area contributed by atoms with Crippen molar-refractivity contribution < 1.29 is 0 Å². The molecule has 14 heavy (non-hydrogen) atoms. The normalized spacial score (nSPS) is 31.7. The summed E-state index contributed by atoms with van der Waals surface area (Å²) in [6, 6.07) is 2.35. The van der Waals surface area contributed by atoms with Crippen molar-refractivity contribution in [1.82, 2.24) is 5.32 Å². The number of thioether (sulfide) groups is 1. The van der Waals surface area contributed by atoms with E-state index in [2.05, 4.69) is 28.5 Å². The second-order valence-corrected chi connectivity index (χ2v) is 6.28. The monoisotopic (exact) mass is 225 g/mol. The van der Waals surface area contributed by atoms with E-state index < -0.39 is 0 Å². The first kappa shape index (κ1) is 9.25. The molecule has 3 heteroatoms. The molecule has 1 aromatic rings. The highest BCUT2D eigenvalue weighted by Gasteiger charge is 2.38. The fourth-order valence-corrected chi connectivity index (χ4v) is 4.84. The minimum absolute atomic E-state index is 0.344. The van der Waals surface area contributed by atoms with Gasteiger partial charge in [-0.2, -0.15) is 11.8 Å². The summed E-state index contributed by atoms with van der Waals surface area (Å²) in [6.45, 7) is 1.17. The van der Waals surface area contributed by atoms with Crippen molar-refractivity contribution in [3.63, 3.8) is 0 Å². The maximum absolute atomic E-state index is 3.76. The van der Waals surface area contributed by atoms with Crippen molar-refractivity contribution in [3.05, 3.63) is 21.9 Å². The van der Waals surface area contributed by atoms with Crippen LogP contribution in [-0.4, -0.2) is 18.1 Å². The first-order valence-corrected chi connectivity index (χ1v) is 7.34. The molecule has 1 nitrogen and oxygen atoms in total. The van der Waals surface area contributed by atoms with E-state index in [1.54, 1.807) is 10.4 Å². The molecule has 1 fully saturated rings. The summed E-state index contributed by atoms with van der Waals surface area (Å²) in [7, 11) is 0. The van der Waals surface area contributed by atoms with E-state index in [9.17, 15) is 0 Å². The summed E-state index contributed by atoms with van der Waals surface area (Å²) < 4.78 is 0. The smallest absolute Gasteiger partial charge is 0.0537 e. The van der Waals surface area contributed by atoms with Crippen molar-refractivity contribution in [2.75, 3.05) is 18.1 Å². The molecule has 0 aromatic carbocycles. The van der Waals surface area contributed by atoms with Gasteiger partial charge >= 0.3 is 0 Å². The molecule has 1 aromatic heterocycles. The predicted molar refractivity (Wildman–Crippen MR) is 64.3 cm³/mol.